The molecule has 1 aromatic carbocycles. The van der Waals surface area contributed by atoms with Crippen molar-refractivity contribution >= 4 is 0 Å². The molecule has 0 aliphatic heterocycles. The van der Waals surface area contributed by atoms with E-state index in [9.17, 15) is 0 Å². The molecular weight excluding hydrogens is 242 g/mol. The van der Waals surface area contributed by atoms with Crippen LogP contribution in [0.5, 0.6) is 11.5 Å². The van der Waals surface area contributed by atoms with E-state index in [0.29, 0.717) is 19.8 Å². The summed E-state index contributed by atoms with van der Waals surface area (Å²) in [7, 11) is 1.65. The molecule has 19 heavy (non-hydrogen) atoms. The molecule has 0 aliphatic rings. The molecule has 0 saturated heterocycles. The van der Waals surface area contributed by atoms with Crippen molar-refractivity contribution in [2.45, 2.75) is 32.7 Å². The van der Waals surface area contributed by atoms with Crippen LogP contribution in [-0.4, -0.2) is 33.0 Å². The summed E-state index contributed by atoms with van der Waals surface area (Å²) >= 11 is 0. The second-order valence-corrected chi connectivity index (χ2v) is 4.60. The van der Waals surface area contributed by atoms with E-state index in [4.69, 9.17) is 19.9 Å². The van der Waals surface area contributed by atoms with Crippen molar-refractivity contribution in [1.29, 1.82) is 0 Å². The van der Waals surface area contributed by atoms with Crippen LogP contribution < -0.4 is 15.2 Å². The smallest absolute Gasteiger partial charge is 0.161 e. The Labute approximate surface area is 115 Å². The summed E-state index contributed by atoms with van der Waals surface area (Å²) in [5.74, 6) is 1.55. The highest BCUT2D eigenvalue weighted by molar-refractivity contribution is 5.42. The number of methoxy groups -OCH3 is 1. The third-order valence-electron chi connectivity index (χ3n) is 2.87. The second kappa shape index (κ2) is 8.77. The lowest BCUT2D eigenvalue weighted by atomic mass is 10.2. The van der Waals surface area contributed by atoms with Crippen LogP contribution in [0.4, 0.5) is 0 Å². The lowest BCUT2D eigenvalue weighted by Crippen LogP contribution is -2.25. The summed E-state index contributed by atoms with van der Waals surface area (Å²) in [4.78, 5) is 0. The first-order chi connectivity index (χ1) is 9.17. The molecule has 1 rings (SSSR count). The van der Waals surface area contributed by atoms with Gasteiger partial charge in [0, 0.05) is 19.1 Å². The molecule has 1 unspecified atom stereocenters. The van der Waals surface area contributed by atoms with Crippen molar-refractivity contribution in [2.75, 3.05) is 26.9 Å². The molecule has 2 N–H and O–H groups in total. The Bertz CT molecular complexity index is 368. The van der Waals surface area contributed by atoms with Crippen LogP contribution in [-0.2, 0) is 4.74 Å². The van der Waals surface area contributed by atoms with E-state index >= 15 is 0 Å². The Morgan fingerprint density at radius 2 is 2.00 bits per heavy atom. The van der Waals surface area contributed by atoms with Gasteiger partial charge in [-0.3, -0.25) is 0 Å². The van der Waals surface area contributed by atoms with Gasteiger partial charge in [-0.1, -0.05) is 13.0 Å². The van der Waals surface area contributed by atoms with Crippen LogP contribution >= 0.6 is 0 Å². The summed E-state index contributed by atoms with van der Waals surface area (Å²) in [6.45, 7) is 5.98. The van der Waals surface area contributed by atoms with Crippen LogP contribution in [0.25, 0.3) is 0 Å². The zero-order valence-electron chi connectivity index (χ0n) is 12.1. The number of benzene rings is 1. The fourth-order valence-electron chi connectivity index (χ4n) is 1.59. The summed E-state index contributed by atoms with van der Waals surface area (Å²) in [6, 6.07) is 6.04. The van der Waals surface area contributed by atoms with Crippen LogP contribution in [0, 0.1) is 6.92 Å². The standard InChI is InChI=1S/C15H25NO3/c1-4-13(16)11-18-8-5-9-19-14-7-6-12(2)10-15(14)17-3/h6-7,10,13H,4-5,8-9,11,16H2,1-3H3. The Balaban J connectivity index is 2.22. The lowest BCUT2D eigenvalue weighted by Gasteiger charge is -2.12. The topological polar surface area (TPSA) is 53.7 Å². The van der Waals surface area contributed by atoms with Crippen molar-refractivity contribution in [2.24, 2.45) is 5.73 Å². The van der Waals surface area contributed by atoms with Crippen LogP contribution in [0.3, 0.4) is 0 Å². The predicted octanol–water partition coefficient (Wildman–Crippen LogP) is 2.53. The Morgan fingerprint density at radius 1 is 1.21 bits per heavy atom. The van der Waals surface area contributed by atoms with E-state index in [2.05, 4.69) is 6.92 Å². The van der Waals surface area contributed by atoms with Gasteiger partial charge in [-0.2, -0.15) is 0 Å². The average molecular weight is 267 g/mol. The van der Waals surface area contributed by atoms with Gasteiger partial charge >= 0.3 is 0 Å². The SMILES string of the molecule is CCC(N)COCCCOc1ccc(C)cc1OC. The molecule has 0 saturated carbocycles. The first-order valence-electron chi connectivity index (χ1n) is 6.78. The fraction of sp³-hybridized carbons (Fsp3) is 0.600. The first kappa shape index (κ1) is 15.8. The van der Waals surface area contributed by atoms with Crippen LogP contribution in [0.1, 0.15) is 25.3 Å². The van der Waals surface area contributed by atoms with E-state index in [0.717, 1.165) is 29.9 Å². The van der Waals surface area contributed by atoms with Crippen molar-refractivity contribution in [3.8, 4) is 11.5 Å². The predicted molar refractivity (Wildman–Crippen MR) is 76.9 cm³/mol. The average Bonchev–Trinajstić information content (AvgIpc) is 2.43. The molecule has 1 aromatic rings. The van der Waals surface area contributed by atoms with Gasteiger partial charge in [0.1, 0.15) is 0 Å². The number of nitrogens with two attached hydrogens (primary N) is 1. The normalized spacial score (nSPS) is 12.2. The van der Waals surface area contributed by atoms with Crippen molar-refractivity contribution in [1.82, 2.24) is 0 Å². The molecule has 0 heterocycles. The van der Waals surface area contributed by atoms with Gasteiger partial charge in [-0.25, -0.2) is 0 Å². The summed E-state index contributed by atoms with van der Waals surface area (Å²) < 4.78 is 16.4. The molecular formula is C15H25NO3. The highest BCUT2D eigenvalue weighted by Gasteiger charge is 2.04. The number of hydrogen-bond donors (Lipinski definition) is 1. The Kier molecular flexibility index (Phi) is 7.30. The minimum absolute atomic E-state index is 0.137. The highest BCUT2D eigenvalue weighted by atomic mass is 16.5. The number of aryl methyl sites for hydroxylation is 1. The zero-order chi connectivity index (χ0) is 14.1. The number of ether oxygens (including phenoxy) is 3. The van der Waals surface area contributed by atoms with Crippen molar-refractivity contribution < 1.29 is 14.2 Å². The Morgan fingerprint density at radius 3 is 2.68 bits per heavy atom. The molecule has 4 heteroatoms. The third kappa shape index (κ3) is 5.94. The molecule has 1 atom stereocenters. The van der Waals surface area contributed by atoms with Crippen molar-refractivity contribution in [3.05, 3.63) is 23.8 Å². The number of hydrogen-bond acceptors (Lipinski definition) is 4. The molecule has 0 spiro atoms. The van der Waals surface area contributed by atoms with Gasteiger partial charge < -0.3 is 19.9 Å². The van der Waals surface area contributed by atoms with Gasteiger partial charge in [0.25, 0.3) is 0 Å². The minimum atomic E-state index is 0.137. The lowest BCUT2D eigenvalue weighted by molar-refractivity contribution is 0.106. The van der Waals surface area contributed by atoms with E-state index in [1.165, 1.54) is 0 Å². The summed E-state index contributed by atoms with van der Waals surface area (Å²) in [5, 5.41) is 0. The van der Waals surface area contributed by atoms with E-state index in [-0.39, 0.29) is 6.04 Å². The van der Waals surface area contributed by atoms with Crippen LogP contribution in [0.2, 0.25) is 0 Å². The van der Waals surface area contributed by atoms with E-state index in [1.54, 1.807) is 7.11 Å². The maximum atomic E-state index is 5.76. The largest absolute Gasteiger partial charge is 0.493 e. The minimum Gasteiger partial charge on any atom is -0.493 e. The molecule has 0 aromatic heterocycles. The first-order valence-corrected chi connectivity index (χ1v) is 6.78. The molecule has 0 bridgehead atoms. The van der Waals surface area contributed by atoms with Gasteiger partial charge in [-0.05, 0) is 31.0 Å². The van der Waals surface area contributed by atoms with Gasteiger partial charge in [-0.15, -0.1) is 0 Å². The fourth-order valence-corrected chi connectivity index (χ4v) is 1.59. The quantitative estimate of drug-likeness (QED) is 0.699. The van der Waals surface area contributed by atoms with E-state index < -0.39 is 0 Å². The second-order valence-electron chi connectivity index (χ2n) is 4.60. The van der Waals surface area contributed by atoms with Crippen molar-refractivity contribution in [3.63, 3.8) is 0 Å². The molecule has 0 radical (unpaired) electrons. The van der Waals surface area contributed by atoms with Gasteiger partial charge in [0.2, 0.25) is 0 Å². The maximum absolute atomic E-state index is 5.76. The summed E-state index contributed by atoms with van der Waals surface area (Å²) in [6.07, 6.45) is 1.78. The zero-order valence-corrected chi connectivity index (χ0v) is 12.1. The third-order valence-corrected chi connectivity index (χ3v) is 2.87. The van der Waals surface area contributed by atoms with Crippen LogP contribution in [0.15, 0.2) is 18.2 Å². The number of rotatable bonds is 9. The molecule has 0 fully saturated rings. The molecule has 108 valence electrons. The highest BCUT2D eigenvalue weighted by Crippen LogP contribution is 2.27. The monoisotopic (exact) mass is 267 g/mol. The van der Waals surface area contributed by atoms with Gasteiger partial charge in [0.15, 0.2) is 11.5 Å². The molecule has 0 amide bonds. The van der Waals surface area contributed by atoms with E-state index in [1.807, 2.05) is 25.1 Å². The maximum Gasteiger partial charge on any atom is 0.161 e. The van der Waals surface area contributed by atoms with Gasteiger partial charge in [0.05, 0.1) is 20.3 Å². The molecule has 4 nitrogen and oxygen atoms in total. The summed E-state index contributed by atoms with van der Waals surface area (Å²) in [5.41, 5.74) is 6.91. The Hall–Kier alpha value is -1.26. The molecule has 0 aliphatic carbocycles.